The van der Waals surface area contributed by atoms with Gasteiger partial charge in [0.15, 0.2) is 0 Å². The van der Waals surface area contributed by atoms with E-state index in [4.69, 9.17) is 0 Å². The first kappa shape index (κ1) is 37.2. The van der Waals surface area contributed by atoms with E-state index in [-0.39, 0.29) is 24.8 Å². The number of aryl methyl sites for hydroxylation is 6. The zero-order valence-electron chi connectivity index (χ0n) is 29.1. The van der Waals surface area contributed by atoms with Gasteiger partial charge >= 0.3 is 76.7 Å². The molecule has 0 N–H and O–H groups in total. The van der Waals surface area contributed by atoms with E-state index in [1.54, 1.807) is 12.0 Å². The van der Waals surface area contributed by atoms with Crippen LogP contribution in [0.25, 0.3) is 11.1 Å². The smallest absolute Gasteiger partial charge is 0.0253 e. The molecule has 0 aromatic heterocycles. The quantitative estimate of drug-likeness (QED) is 0.229. The van der Waals surface area contributed by atoms with Gasteiger partial charge in [0.2, 0.25) is 0 Å². The first-order valence-electron chi connectivity index (χ1n) is 16.9. The molecule has 4 saturated carbocycles. The summed E-state index contributed by atoms with van der Waals surface area (Å²) in [5.74, 6) is 4.14. The normalized spacial score (nSPS) is 24.3. The monoisotopic (exact) mass is 726 g/mol. The van der Waals surface area contributed by atoms with Crippen LogP contribution in [0, 0.1) is 71.3 Å². The number of hydrogen-bond donors (Lipinski definition) is 0. The van der Waals surface area contributed by atoms with Crippen molar-refractivity contribution in [2.45, 2.75) is 99.3 Å². The zero-order chi connectivity index (χ0) is 31.3. The molecule has 0 aliphatic heterocycles. The van der Waals surface area contributed by atoms with E-state index in [0.717, 1.165) is 30.1 Å². The summed E-state index contributed by atoms with van der Waals surface area (Å²) in [5, 5.41) is 0. The van der Waals surface area contributed by atoms with Crippen LogP contribution in [-0.2, 0) is 36.1 Å². The van der Waals surface area contributed by atoms with E-state index in [1.165, 1.54) is 114 Å². The van der Waals surface area contributed by atoms with E-state index in [1.807, 2.05) is 0 Å². The molecule has 4 fully saturated rings. The Bertz CT molecular complexity index is 1610. The van der Waals surface area contributed by atoms with Crippen LogP contribution in [-0.4, -0.2) is 3.21 Å². The van der Waals surface area contributed by atoms with Gasteiger partial charge in [0.25, 0.3) is 0 Å². The standard InChI is InChI=1S/C17H23.C17H17.C9H10.2ClH.Zr/c1-11-3-4-14(5-11)17(2)15-7-12-6-13(9-15)10-16(17)8-12;1-10-5-14-9-15-6-11(2)13(4)8-17(15)16(14)7-12(10)3;1-3-9-6-4-8(2)5-7-9;;;/h3-5,12-13,15-16H,6-10H2,1-2H3;5,7-8H,9H2,1-4H3;4-7H,1-2H3;2*1H;/q2*-1;;;;+2/p-2. The zero-order valence-corrected chi connectivity index (χ0v) is 33.1. The van der Waals surface area contributed by atoms with Crippen molar-refractivity contribution in [1.29, 1.82) is 0 Å². The third kappa shape index (κ3) is 7.33. The Balaban J connectivity index is 0.000000159. The molecular formula is C43H50Cl2Zr-2. The molecule has 0 unspecified atom stereocenters. The molecule has 0 heterocycles. The molecule has 5 aliphatic rings. The molecule has 4 bridgehead atoms. The third-order valence-electron chi connectivity index (χ3n) is 11.8. The molecule has 0 radical (unpaired) electrons. The van der Waals surface area contributed by atoms with E-state index >= 15 is 0 Å². The van der Waals surface area contributed by atoms with Crippen molar-refractivity contribution in [2.24, 2.45) is 23.7 Å². The van der Waals surface area contributed by atoms with E-state index in [2.05, 4.69) is 122 Å². The van der Waals surface area contributed by atoms with Gasteiger partial charge < -0.3 is 24.8 Å². The summed E-state index contributed by atoms with van der Waals surface area (Å²) < 4.78 is 1.46. The van der Waals surface area contributed by atoms with E-state index < -0.39 is 0 Å². The Morgan fingerprint density at radius 3 is 1.87 bits per heavy atom. The number of rotatable bonds is 2. The molecule has 242 valence electrons. The third-order valence-corrected chi connectivity index (χ3v) is 12.6. The second-order valence-electron chi connectivity index (χ2n) is 15.0. The predicted molar refractivity (Wildman–Crippen MR) is 185 cm³/mol. The molecule has 0 atom stereocenters. The molecule has 0 nitrogen and oxygen atoms in total. The molecule has 0 spiro atoms. The van der Waals surface area contributed by atoms with Crippen LogP contribution in [0.4, 0.5) is 0 Å². The van der Waals surface area contributed by atoms with E-state index in [0.29, 0.717) is 5.41 Å². The maximum atomic E-state index is 3.54. The second kappa shape index (κ2) is 14.8. The molecule has 46 heavy (non-hydrogen) atoms. The van der Waals surface area contributed by atoms with Crippen molar-refractivity contribution < 1.29 is 49.0 Å². The minimum Gasteiger partial charge on any atom is -1.00 e. The molecule has 4 aromatic rings. The molecular weight excluding hydrogens is 679 g/mol. The van der Waals surface area contributed by atoms with E-state index in [9.17, 15) is 0 Å². The summed E-state index contributed by atoms with van der Waals surface area (Å²) in [5.41, 5.74) is 17.4. The number of hydrogen-bond acceptors (Lipinski definition) is 0. The summed E-state index contributed by atoms with van der Waals surface area (Å²) >= 11 is 1.51. The van der Waals surface area contributed by atoms with Crippen molar-refractivity contribution >= 4 is 3.21 Å². The van der Waals surface area contributed by atoms with Crippen LogP contribution in [0.3, 0.4) is 0 Å². The maximum absolute atomic E-state index is 3.54. The van der Waals surface area contributed by atoms with Crippen molar-refractivity contribution in [1.82, 2.24) is 0 Å². The van der Waals surface area contributed by atoms with Gasteiger partial charge in [0.05, 0.1) is 0 Å². The SMILES string of the molecule is C[C](=[Zr+2])c1ccc(C)cc1.Cc1[c-]c2c(cc1C)-c1cc(C)c(C)cc1C2.Cc1cc(C2(C)C3CC4CC(C3)CC2C4)c[cH-]1.[Cl-].[Cl-]. The maximum Gasteiger partial charge on any atom is -0.0253 e. The summed E-state index contributed by atoms with van der Waals surface area (Å²) in [6.45, 7) is 17.8. The van der Waals surface area contributed by atoms with Crippen LogP contribution in [0.2, 0.25) is 0 Å². The molecule has 0 saturated heterocycles. The summed E-state index contributed by atoms with van der Waals surface area (Å²) in [6.07, 6.45) is 8.69. The van der Waals surface area contributed by atoms with Gasteiger partial charge in [-0.05, 0) is 92.7 Å². The summed E-state index contributed by atoms with van der Waals surface area (Å²) in [4.78, 5) is 0. The average Bonchev–Trinajstić information content (AvgIpc) is 3.56. The van der Waals surface area contributed by atoms with Gasteiger partial charge in [-0.25, -0.2) is 6.07 Å². The first-order chi connectivity index (χ1) is 20.9. The molecule has 3 heteroatoms. The Hall–Kier alpha value is -1.66. The fourth-order valence-electron chi connectivity index (χ4n) is 8.98. The number of fused-ring (bicyclic) bond motifs is 3. The minimum absolute atomic E-state index is 0. The van der Waals surface area contributed by atoms with Gasteiger partial charge in [-0.2, -0.15) is 46.5 Å². The van der Waals surface area contributed by atoms with Crippen LogP contribution >= 0.6 is 0 Å². The van der Waals surface area contributed by atoms with Crippen LogP contribution in [0.1, 0.15) is 102 Å². The Labute approximate surface area is 306 Å². The number of halogens is 2. The number of benzene rings is 3. The van der Waals surface area contributed by atoms with Crippen LogP contribution < -0.4 is 24.8 Å². The summed E-state index contributed by atoms with van der Waals surface area (Å²) in [6, 6.07) is 26.4. The Morgan fingerprint density at radius 1 is 0.761 bits per heavy atom. The topological polar surface area (TPSA) is 0 Å². The van der Waals surface area contributed by atoms with Gasteiger partial charge in [-0.1, -0.05) is 50.8 Å². The predicted octanol–water partition coefficient (Wildman–Crippen LogP) is 4.81. The van der Waals surface area contributed by atoms with Crippen molar-refractivity contribution in [3.05, 3.63) is 122 Å². The van der Waals surface area contributed by atoms with Crippen molar-refractivity contribution in [2.75, 3.05) is 0 Å². The van der Waals surface area contributed by atoms with Crippen LogP contribution in [0.5, 0.6) is 0 Å². The van der Waals surface area contributed by atoms with Crippen molar-refractivity contribution in [3.8, 4) is 11.1 Å². The second-order valence-corrected chi connectivity index (χ2v) is 16.8. The van der Waals surface area contributed by atoms with Crippen LogP contribution in [0.15, 0.2) is 60.7 Å². The fraction of sp³-hybridized carbons (Fsp3) is 0.442. The van der Waals surface area contributed by atoms with Gasteiger partial charge in [0, 0.05) is 0 Å². The molecule has 9 rings (SSSR count). The fourth-order valence-corrected chi connectivity index (χ4v) is 9.39. The van der Waals surface area contributed by atoms with Gasteiger partial charge in [-0.3, -0.25) is 0 Å². The van der Waals surface area contributed by atoms with Gasteiger partial charge in [0.1, 0.15) is 0 Å². The summed E-state index contributed by atoms with van der Waals surface area (Å²) in [7, 11) is 0. The Kier molecular flexibility index (Phi) is 12.0. The minimum atomic E-state index is 0. The average molecular weight is 729 g/mol. The molecule has 4 aromatic carbocycles. The van der Waals surface area contributed by atoms with Gasteiger partial charge in [-0.15, -0.1) is 11.1 Å². The molecule has 5 aliphatic carbocycles. The first-order valence-corrected chi connectivity index (χ1v) is 18.1. The Morgan fingerprint density at radius 2 is 1.33 bits per heavy atom. The largest absolute Gasteiger partial charge is 1.00 e. The van der Waals surface area contributed by atoms with Crippen molar-refractivity contribution in [3.63, 3.8) is 0 Å². The molecule has 0 amide bonds.